The van der Waals surface area contributed by atoms with Gasteiger partial charge < -0.3 is 9.63 Å². The fourth-order valence-electron chi connectivity index (χ4n) is 1.17. The average molecular weight is 286 g/mol. The predicted molar refractivity (Wildman–Crippen MR) is 68.7 cm³/mol. The smallest absolute Gasteiger partial charge is 0.404 e. The van der Waals surface area contributed by atoms with Crippen molar-refractivity contribution in [2.75, 3.05) is 6.61 Å². The van der Waals surface area contributed by atoms with E-state index in [0.29, 0.717) is 0 Å². The lowest BCUT2D eigenvalue weighted by atomic mass is 10.1. The van der Waals surface area contributed by atoms with Gasteiger partial charge in [-0.25, -0.2) is 4.57 Å². The molecular weight excluding hydrogens is 271 g/mol. The number of rotatable bonds is 7. The maximum Gasteiger partial charge on any atom is 0.527 e. The maximum atomic E-state index is 11.5. The number of benzene rings is 1. The molecule has 1 rings (SSSR count). The zero-order valence-corrected chi connectivity index (χ0v) is 11.2. The first kappa shape index (κ1) is 15.6. The highest BCUT2D eigenvalue weighted by atomic mass is 31.2. The summed E-state index contributed by atoms with van der Waals surface area (Å²) in [5.41, 5.74) is 0.132. The standard InChI is InChI=1S/C12H15O6P/c1-9(2)12(14)11(13)8-17-19(15,16)18-10-6-4-3-5-7-10/h3-7,11,13H,1,8H2,2H3,(H,15,16). The van der Waals surface area contributed by atoms with Gasteiger partial charge in [0.2, 0.25) is 0 Å². The summed E-state index contributed by atoms with van der Waals surface area (Å²) in [6, 6.07) is 7.90. The van der Waals surface area contributed by atoms with Crippen molar-refractivity contribution >= 4 is 13.6 Å². The molecule has 19 heavy (non-hydrogen) atoms. The third-order valence-corrected chi connectivity index (χ3v) is 3.00. The minimum atomic E-state index is -4.38. The number of hydrogen-bond acceptors (Lipinski definition) is 5. The Labute approximate surface area is 110 Å². The fourth-order valence-corrected chi connectivity index (χ4v) is 1.94. The molecule has 0 saturated carbocycles. The van der Waals surface area contributed by atoms with Gasteiger partial charge in [-0.2, -0.15) is 0 Å². The Morgan fingerprint density at radius 1 is 1.42 bits per heavy atom. The molecule has 0 amide bonds. The lowest BCUT2D eigenvalue weighted by Crippen LogP contribution is -2.26. The second-order valence-electron chi connectivity index (χ2n) is 3.83. The molecule has 0 aliphatic rings. The Balaban J connectivity index is 2.54. The molecule has 2 atom stereocenters. The van der Waals surface area contributed by atoms with Gasteiger partial charge >= 0.3 is 7.82 Å². The molecule has 0 aliphatic carbocycles. The van der Waals surface area contributed by atoms with Crippen molar-refractivity contribution < 1.29 is 28.4 Å². The van der Waals surface area contributed by atoms with Crippen LogP contribution in [-0.2, 0) is 13.9 Å². The third kappa shape index (κ3) is 5.36. The molecule has 0 fully saturated rings. The summed E-state index contributed by atoms with van der Waals surface area (Å²) >= 11 is 0. The fraction of sp³-hybridized carbons (Fsp3) is 0.250. The van der Waals surface area contributed by atoms with Crippen molar-refractivity contribution in [3.63, 3.8) is 0 Å². The second kappa shape index (κ2) is 6.63. The SMILES string of the molecule is C=C(C)C(=O)C(O)COP(=O)(O)Oc1ccccc1. The summed E-state index contributed by atoms with van der Waals surface area (Å²) in [4.78, 5) is 20.7. The lowest BCUT2D eigenvalue weighted by molar-refractivity contribution is -0.124. The van der Waals surface area contributed by atoms with Gasteiger partial charge in [-0.15, -0.1) is 0 Å². The Morgan fingerprint density at radius 3 is 2.53 bits per heavy atom. The number of carbonyl (C=O) groups is 1. The highest BCUT2D eigenvalue weighted by Crippen LogP contribution is 2.43. The third-order valence-electron chi connectivity index (χ3n) is 2.08. The number of Topliss-reactive ketones (excluding diaryl/α,β-unsaturated/α-hetero) is 1. The van der Waals surface area contributed by atoms with E-state index >= 15 is 0 Å². The van der Waals surface area contributed by atoms with Crippen LogP contribution in [0.15, 0.2) is 42.5 Å². The minimum absolute atomic E-state index is 0.132. The molecule has 1 aromatic rings. The topological polar surface area (TPSA) is 93.1 Å². The summed E-state index contributed by atoms with van der Waals surface area (Å²) in [6.07, 6.45) is -1.54. The first-order chi connectivity index (χ1) is 8.82. The molecule has 104 valence electrons. The van der Waals surface area contributed by atoms with Crippen molar-refractivity contribution in [2.24, 2.45) is 0 Å². The Kier molecular flexibility index (Phi) is 5.44. The molecule has 0 aliphatic heterocycles. The first-order valence-corrected chi connectivity index (χ1v) is 6.91. The van der Waals surface area contributed by atoms with E-state index in [2.05, 4.69) is 11.1 Å². The summed E-state index contributed by atoms with van der Waals surface area (Å²) in [5.74, 6) is -0.506. The van der Waals surface area contributed by atoms with Gasteiger partial charge in [-0.05, 0) is 24.6 Å². The van der Waals surface area contributed by atoms with Gasteiger partial charge in [0.1, 0.15) is 11.9 Å². The van der Waals surface area contributed by atoms with Crippen LogP contribution in [0.1, 0.15) is 6.92 Å². The van der Waals surface area contributed by atoms with E-state index in [1.165, 1.54) is 19.1 Å². The van der Waals surface area contributed by atoms with Crippen LogP contribution in [0, 0.1) is 0 Å². The van der Waals surface area contributed by atoms with E-state index in [1.54, 1.807) is 18.2 Å². The van der Waals surface area contributed by atoms with Gasteiger partial charge in [-0.3, -0.25) is 14.2 Å². The van der Waals surface area contributed by atoms with Crippen LogP contribution < -0.4 is 4.52 Å². The predicted octanol–water partition coefficient (Wildman–Crippen LogP) is 1.69. The molecule has 0 heterocycles. The number of para-hydroxylation sites is 1. The van der Waals surface area contributed by atoms with Gasteiger partial charge in [0.05, 0.1) is 6.61 Å². The number of carbonyl (C=O) groups excluding carboxylic acids is 1. The molecule has 2 unspecified atom stereocenters. The van der Waals surface area contributed by atoms with Crippen LogP contribution in [0.25, 0.3) is 0 Å². The monoisotopic (exact) mass is 286 g/mol. The van der Waals surface area contributed by atoms with E-state index < -0.39 is 26.3 Å². The Hall–Kier alpha value is -1.46. The van der Waals surface area contributed by atoms with Crippen molar-refractivity contribution in [1.82, 2.24) is 0 Å². The minimum Gasteiger partial charge on any atom is -0.404 e. The zero-order valence-electron chi connectivity index (χ0n) is 10.4. The normalized spacial score (nSPS) is 15.3. The molecule has 0 aromatic heterocycles. The molecule has 7 heteroatoms. The van der Waals surface area contributed by atoms with E-state index in [0.717, 1.165) is 0 Å². The summed E-state index contributed by atoms with van der Waals surface area (Å²) in [5, 5.41) is 9.39. The van der Waals surface area contributed by atoms with Crippen molar-refractivity contribution in [1.29, 1.82) is 0 Å². The van der Waals surface area contributed by atoms with E-state index in [-0.39, 0.29) is 11.3 Å². The highest BCUT2D eigenvalue weighted by Gasteiger charge is 2.26. The molecule has 2 N–H and O–H groups in total. The first-order valence-electron chi connectivity index (χ1n) is 5.41. The molecule has 6 nitrogen and oxygen atoms in total. The van der Waals surface area contributed by atoms with Crippen molar-refractivity contribution in [2.45, 2.75) is 13.0 Å². The van der Waals surface area contributed by atoms with E-state index in [9.17, 15) is 19.4 Å². The molecular formula is C12H15O6P. The van der Waals surface area contributed by atoms with Crippen molar-refractivity contribution in [3.8, 4) is 5.75 Å². The number of ketones is 1. The highest BCUT2D eigenvalue weighted by molar-refractivity contribution is 7.47. The average Bonchev–Trinajstić information content (AvgIpc) is 2.35. The quantitative estimate of drug-likeness (QED) is 0.585. The number of hydrogen-bond donors (Lipinski definition) is 2. The van der Waals surface area contributed by atoms with Crippen LogP contribution in [0.2, 0.25) is 0 Å². The van der Waals surface area contributed by atoms with E-state index in [1.807, 2.05) is 0 Å². The summed E-state index contributed by atoms with van der Waals surface area (Å²) in [7, 11) is -4.38. The Morgan fingerprint density at radius 2 is 2.00 bits per heavy atom. The van der Waals surface area contributed by atoms with Gasteiger partial charge in [0, 0.05) is 0 Å². The number of aliphatic hydroxyl groups is 1. The number of phosphoric ester groups is 1. The maximum absolute atomic E-state index is 11.5. The second-order valence-corrected chi connectivity index (χ2v) is 5.21. The molecule has 0 bridgehead atoms. The van der Waals surface area contributed by atoms with Crippen LogP contribution in [0.4, 0.5) is 0 Å². The molecule has 0 spiro atoms. The van der Waals surface area contributed by atoms with Gasteiger partial charge in [0.15, 0.2) is 5.78 Å². The lowest BCUT2D eigenvalue weighted by Gasteiger charge is -2.15. The van der Waals surface area contributed by atoms with Crippen LogP contribution >= 0.6 is 7.82 Å². The summed E-state index contributed by atoms with van der Waals surface area (Å²) < 4.78 is 20.8. The largest absolute Gasteiger partial charge is 0.527 e. The molecule has 0 radical (unpaired) electrons. The molecule has 1 aromatic carbocycles. The van der Waals surface area contributed by atoms with Gasteiger partial charge in [0.25, 0.3) is 0 Å². The van der Waals surface area contributed by atoms with E-state index in [4.69, 9.17) is 4.52 Å². The molecule has 0 saturated heterocycles. The van der Waals surface area contributed by atoms with Crippen LogP contribution in [0.3, 0.4) is 0 Å². The number of phosphoric acid groups is 1. The zero-order chi connectivity index (χ0) is 14.5. The van der Waals surface area contributed by atoms with Gasteiger partial charge in [-0.1, -0.05) is 24.8 Å². The van der Waals surface area contributed by atoms with Crippen LogP contribution in [0.5, 0.6) is 5.75 Å². The van der Waals surface area contributed by atoms with Crippen LogP contribution in [-0.4, -0.2) is 28.5 Å². The summed E-state index contributed by atoms with van der Waals surface area (Å²) in [6.45, 7) is 4.14. The number of aliphatic hydroxyl groups excluding tert-OH is 1. The van der Waals surface area contributed by atoms with Crippen molar-refractivity contribution in [3.05, 3.63) is 42.5 Å². The Bertz CT molecular complexity index is 498.